The predicted octanol–water partition coefficient (Wildman–Crippen LogP) is 2.72. The number of amides is 1. The molecule has 166 valence electrons. The third-order valence-electron chi connectivity index (χ3n) is 4.75. The average molecular weight is 467 g/mol. The van der Waals surface area contributed by atoms with Gasteiger partial charge in [0.15, 0.2) is 6.61 Å². The molecule has 1 aliphatic heterocycles. The van der Waals surface area contributed by atoms with Gasteiger partial charge in [0.1, 0.15) is 0 Å². The van der Waals surface area contributed by atoms with Gasteiger partial charge in [-0.15, -0.1) is 0 Å². The normalized spacial score (nSPS) is 14.8. The molecular formula is C21H23ClN2O6S. The molecule has 1 aliphatic rings. The first-order valence-corrected chi connectivity index (χ1v) is 11.6. The largest absolute Gasteiger partial charge is 0.452 e. The number of aryl methyl sites for hydroxylation is 1. The number of nitrogens with one attached hydrogen (secondary N) is 1. The number of nitrogens with zero attached hydrogens (tertiary/aromatic N) is 1. The van der Waals surface area contributed by atoms with Gasteiger partial charge in [0.2, 0.25) is 10.0 Å². The van der Waals surface area contributed by atoms with Crippen molar-refractivity contribution in [2.75, 3.05) is 38.2 Å². The summed E-state index contributed by atoms with van der Waals surface area (Å²) in [6.45, 7) is 2.62. The molecule has 2 aromatic rings. The summed E-state index contributed by atoms with van der Waals surface area (Å²) in [5, 5.41) is 2.66. The third-order valence-corrected chi connectivity index (χ3v) is 6.98. The molecule has 2 aromatic carbocycles. The Morgan fingerprint density at radius 2 is 1.81 bits per heavy atom. The molecule has 0 aliphatic carbocycles. The summed E-state index contributed by atoms with van der Waals surface area (Å²) in [6, 6.07) is 11.0. The fourth-order valence-corrected chi connectivity index (χ4v) is 4.57. The first-order valence-electron chi connectivity index (χ1n) is 9.74. The van der Waals surface area contributed by atoms with Crippen LogP contribution in [0.2, 0.25) is 5.02 Å². The van der Waals surface area contributed by atoms with Crippen molar-refractivity contribution in [3.8, 4) is 0 Å². The zero-order valence-corrected chi connectivity index (χ0v) is 18.5. The zero-order chi connectivity index (χ0) is 22.4. The summed E-state index contributed by atoms with van der Waals surface area (Å²) in [5.74, 6) is -1.27. The Hall–Kier alpha value is -2.46. The molecule has 8 nitrogen and oxygen atoms in total. The van der Waals surface area contributed by atoms with E-state index in [4.69, 9.17) is 21.1 Å². The maximum absolute atomic E-state index is 12.8. The highest BCUT2D eigenvalue weighted by atomic mass is 35.5. The lowest BCUT2D eigenvalue weighted by Crippen LogP contribution is -2.40. The molecule has 1 saturated heterocycles. The Kier molecular flexibility index (Phi) is 7.66. The van der Waals surface area contributed by atoms with Crippen LogP contribution in [0.5, 0.6) is 0 Å². The number of sulfonamides is 1. The number of hydrogen-bond donors (Lipinski definition) is 1. The van der Waals surface area contributed by atoms with Crippen LogP contribution in [0.1, 0.15) is 22.8 Å². The summed E-state index contributed by atoms with van der Waals surface area (Å²) in [6.07, 6.45) is 0.846. The minimum atomic E-state index is -3.75. The molecule has 1 amide bonds. The number of benzene rings is 2. The van der Waals surface area contributed by atoms with Crippen molar-refractivity contribution in [3.63, 3.8) is 0 Å². The second-order valence-corrected chi connectivity index (χ2v) is 9.18. The fourth-order valence-electron chi connectivity index (χ4n) is 2.97. The number of halogens is 1. The first-order chi connectivity index (χ1) is 14.8. The van der Waals surface area contributed by atoms with Gasteiger partial charge in [-0.25, -0.2) is 13.2 Å². The van der Waals surface area contributed by atoms with E-state index >= 15 is 0 Å². The summed E-state index contributed by atoms with van der Waals surface area (Å²) in [5.41, 5.74) is 1.53. The SMILES string of the molecule is CCc1ccc(C(=O)OCC(=O)Nc2cc(S(=O)(=O)N3CCOCC3)ccc2Cl)cc1. The molecule has 0 radical (unpaired) electrons. The number of ether oxygens (including phenoxy) is 2. The molecule has 1 heterocycles. The predicted molar refractivity (Wildman–Crippen MR) is 116 cm³/mol. The second-order valence-electron chi connectivity index (χ2n) is 6.83. The molecule has 31 heavy (non-hydrogen) atoms. The van der Waals surface area contributed by atoms with Gasteiger partial charge in [-0.1, -0.05) is 30.7 Å². The van der Waals surface area contributed by atoms with Gasteiger partial charge in [0, 0.05) is 13.1 Å². The maximum Gasteiger partial charge on any atom is 0.338 e. The highest BCUT2D eigenvalue weighted by Crippen LogP contribution is 2.27. The topological polar surface area (TPSA) is 102 Å². The lowest BCUT2D eigenvalue weighted by molar-refractivity contribution is -0.119. The van der Waals surface area contributed by atoms with Crippen LogP contribution in [0.15, 0.2) is 47.4 Å². The Bertz CT molecular complexity index is 1050. The van der Waals surface area contributed by atoms with Gasteiger partial charge >= 0.3 is 5.97 Å². The average Bonchev–Trinajstić information content (AvgIpc) is 2.79. The molecule has 3 rings (SSSR count). The smallest absolute Gasteiger partial charge is 0.338 e. The van der Waals surface area contributed by atoms with Crippen LogP contribution in [-0.4, -0.2) is 57.5 Å². The van der Waals surface area contributed by atoms with E-state index in [1.165, 1.54) is 22.5 Å². The van der Waals surface area contributed by atoms with Crippen molar-refractivity contribution in [2.24, 2.45) is 0 Å². The number of anilines is 1. The quantitative estimate of drug-likeness (QED) is 0.629. The van der Waals surface area contributed by atoms with Crippen molar-refractivity contribution in [2.45, 2.75) is 18.2 Å². The molecule has 10 heteroatoms. The maximum atomic E-state index is 12.8. The van der Waals surface area contributed by atoms with E-state index in [1.54, 1.807) is 12.1 Å². The Morgan fingerprint density at radius 1 is 1.13 bits per heavy atom. The van der Waals surface area contributed by atoms with Crippen molar-refractivity contribution in [3.05, 3.63) is 58.6 Å². The zero-order valence-electron chi connectivity index (χ0n) is 17.0. The summed E-state index contributed by atoms with van der Waals surface area (Å²) in [7, 11) is -3.75. The molecule has 0 unspecified atom stereocenters. The summed E-state index contributed by atoms with van der Waals surface area (Å²) in [4.78, 5) is 24.3. The minimum Gasteiger partial charge on any atom is -0.452 e. The van der Waals surface area contributed by atoms with E-state index in [0.29, 0.717) is 18.8 Å². The Balaban J connectivity index is 1.64. The monoisotopic (exact) mass is 466 g/mol. The number of hydrogen-bond acceptors (Lipinski definition) is 6. The van der Waals surface area contributed by atoms with Crippen LogP contribution < -0.4 is 5.32 Å². The molecule has 0 spiro atoms. The van der Waals surface area contributed by atoms with Crippen molar-refractivity contribution in [1.82, 2.24) is 4.31 Å². The van der Waals surface area contributed by atoms with Crippen LogP contribution in [0.4, 0.5) is 5.69 Å². The van der Waals surface area contributed by atoms with E-state index in [1.807, 2.05) is 19.1 Å². The van der Waals surface area contributed by atoms with Gasteiger partial charge in [-0.2, -0.15) is 4.31 Å². The molecule has 1 N–H and O–H groups in total. The van der Waals surface area contributed by atoms with Crippen molar-refractivity contribution in [1.29, 1.82) is 0 Å². The van der Waals surface area contributed by atoms with E-state index in [-0.39, 0.29) is 28.7 Å². The van der Waals surface area contributed by atoms with Crippen molar-refractivity contribution < 1.29 is 27.5 Å². The van der Waals surface area contributed by atoms with Crippen LogP contribution in [0.25, 0.3) is 0 Å². The van der Waals surface area contributed by atoms with Crippen LogP contribution in [-0.2, 0) is 30.7 Å². The van der Waals surface area contributed by atoms with E-state index in [9.17, 15) is 18.0 Å². The first kappa shape index (κ1) is 23.2. The summed E-state index contributed by atoms with van der Waals surface area (Å²) >= 11 is 6.11. The lowest BCUT2D eigenvalue weighted by Gasteiger charge is -2.26. The number of carbonyl (C=O) groups is 2. The van der Waals surface area contributed by atoms with Gasteiger partial charge in [0.05, 0.1) is 34.4 Å². The highest BCUT2D eigenvalue weighted by molar-refractivity contribution is 7.89. The molecule has 1 fully saturated rings. The molecule has 0 atom stereocenters. The third kappa shape index (κ3) is 5.82. The van der Waals surface area contributed by atoms with Gasteiger partial charge in [-0.3, -0.25) is 4.79 Å². The van der Waals surface area contributed by atoms with Crippen LogP contribution >= 0.6 is 11.6 Å². The van der Waals surface area contributed by atoms with Gasteiger partial charge in [-0.05, 0) is 42.3 Å². The highest BCUT2D eigenvalue weighted by Gasteiger charge is 2.27. The minimum absolute atomic E-state index is 0.00195. The summed E-state index contributed by atoms with van der Waals surface area (Å²) < 4.78 is 37.1. The van der Waals surface area contributed by atoms with Crippen molar-refractivity contribution >= 4 is 39.2 Å². The van der Waals surface area contributed by atoms with Crippen LogP contribution in [0.3, 0.4) is 0 Å². The molecular weight excluding hydrogens is 444 g/mol. The number of carbonyl (C=O) groups excluding carboxylic acids is 2. The number of esters is 1. The standard InChI is InChI=1S/C21H23ClN2O6S/c1-2-15-3-5-16(6-4-15)21(26)30-14-20(25)23-19-13-17(7-8-18(19)22)31(27,28)24-9-11-29-12-10-24/h3-8,13H,2,9-12,14H2,1H3,(H,23,25). The second kappa shape index (κ2) is 10.2. The van der Waals surface area contributed by atoms with E-state index in [2.05, 4.69) is 5.32 Å². The fraction of sp³-hybridized carbons (Fsp3) is 0.333. The van der Waals surface area contributed by atoms with Gasteiger partial charge < -0.3 is 14.8 Å². The van der Waals surface area contributed by atoms with E-state index < -0.39 is 28.5 Å². The Labute approximate surface area is 186 Å². The lowest BCUT2D eigenvalue weighted by atomic mass is 10.1. The van der Waals surface area contributed by atoms with Crippen LogP contribution in [0, 0.1) is 0 Å². The van der Waals surface area contributed by atoms with Gasteiger partial charge in [0.25, 0.3) is 5.91 Å². The molecule has 0 aromatic heterocycles. The molecule has 0 saturated carbocycles. The number of morpholine rings is 1. The number of rotatable bonds is 7. The Morgan fingerprint density at radius 3 is 2.45 bits per heavy atom. The van der Waals surface area contributed by atoms with E-state index in [0.717, 1.165) is 12.0 Å². The molecule has 0 bridgehead atoms.